The van der Waals surface area contributed by atoms with Gasteiger partial charge in [-0.25, -0.2) is 4.98 Å². The highest BCUT2D eigenvalue weighted by molar-refractivity contribution is 5.94. The maximum atomic E-state index is 13.1. The van der Waals surface area contributed by atoms with E-state index in [2.05, 4.69) is 39.6 Å². The normalized spacial score (nSPS) is 13.4. The van der Waals surface area contributed by atoms with E-state index >= 15 is 0 Å². The number of benzene rings is 3. The minimum atomic E-state index is 0.0124. The van der Waals surface area contributed by atoms with Crippen molar-refractivity contribution < 1.29 is 9.53 Å². The van der Waals surface area contributed by atoms with Crippen molar-refractivity contribution in [2.45, 2.75) is 6.54 Å². The number of nitrogens with one attached hydrogen (secondary N) is 2. The highest BCUT2D eigenvalue weighted by Crippen LogP contribution is 2.31. The first-order chi connectivity index (χ1) is 14.7. The number of imidazole rings is 1. The molecule has 6 nitrogen and oxygen atoms in total. The van der Waals surface area contributed by atoms with Gasteiger partial charge in [-0.05, 0) is 59.7 Å². The predicted molar refractivity (Wildman–Crippen MR) is 118 cm³/mol. The molecule has 0 bridgehead atoms. The van der Waals surface area contributed by atoms with E-state index in [1.54, 1.807) is 6.33 Å². The first kappa shape index (κ1) is 18.2. The molecule has 3 aromatic carbocycles. The quantitative estimate of drug-likeness (QED) is 0.540. The van der Waals surface area contributed by atoms with Crippen LogP contribution in [0.3, 0.4) is 0 Å². The van der Waals surface area contributed by atoms with Crippen LogP contribution in [0.5, 0.6) is 5.75 Å². The maximum absolute atomic E-state index is 13.1. The number of aromatic nitrogens is 2. The Balaban J connectivity index is 1.44. The number of hydrogen-bond acceptors (Lipinski definition) is 4. The van der Waals surface area contributed by atoms with Crippen molar-refractivity contribution in [1.82, 2.24) is 14.9 Å². The van der Waals surface area contributed by atoms with Gasteiger partial charge in [0.05, 0.1) is 23.9 Å². The number of aromatic amines is 1. The number of nitrogens with zero attached hydrogens (tertiary/aromatic N) is 2. The van der Waals surface area contributed by atoms with Crippen molar-refractivity contribution in [1.29, 1.82) is 0 Å². The molecular formula is C24H22N4O2. The van der Waals surface area contributed by atoms with Gasteiger partial charge in [0.15, 0.2) is 0 Å². The van der Waals surface area contributed by atoms with Crippen LogP contribution in [0.4, 0.5) is 5.69 Å². The Bertz CT molecular complexity index is 1210. The van der Waals surface area contributed by atoms with Crippen LogP contribution in [0.25, 0.3) is 22.2 Å². The lowest BCUT2D eigenvalue weighted by Gasteiger charge is -2.20. The Hall–Kier alpha value is -3.80. The number of ether oxygens (including phenoxy) is 1. The fourth-order valence-electron chi connectivity index (χ4n) is 3.82. The molecule has 0 spiro atoms. The molecule has 0 fully saturated rings. The SMILES string of the molecule is CNc1ccc(C(=O)N2CCOc3ccc(-c4ccc5nc[nH]c5c4)cc3C2)cc1. The maximum Gasteiger partial charge on any atom is 0.254 e. The van der Waals surface area contributed by atoms with Crippen LogP contribution >= 0.6 is 0 Å². The average molecular weight is 398 g/mol. The van der Waals surface area contributed by atoms with Crippen LogP contribution in [0, 0.1) is 0 Å². The molecule has 2 N–H and O–H groups in total. The topological polar surface area (TPSA) is 70.2 Å². The van der Waals surface area contributed by atoms with Gasteiger partial charge in [-0.1, -0.05) is 12.1 Å². The van der Waals surface area contributed by atoms with E-state index in [4.69, 9.17) is 4.74 Å². The second-order valence-corrected chi connectivity index (χ2v) is 7.36. The van der Waals surface area contributed by atoms with E-state index in [-0.39, 0.29) is 5.91 Å². The summed E-state index contributed by atoms with van der Waals surface area (Å²) in [7, 11) is 1.86. The lowest BCUT2D eigenvalue weighted by molar-refractivity contribution is 0.0733. The summed E-state index contributed by atoms with van der Waals surface area (Å²) in [5.41, 5.74) is 6.79. The van der Waals surface area contributed by atoms with Crippen LogP contribution in [0.2, 0.25) is 0 Å². The molecule has 1 amide bonds. The zero-order chi connectivity index (χ0) is 20.5. The summed E-state index contributed by atoms with van der Waals surface area (Å²) >= 11 is 0. The summed E-state index contributed by atoms with van der Waals surface area (Å²) < 4.78 is 5.93. The van der Waals surface area contributed by atoms with Gasteiger partial charge in [-0.15, -0.1) is 0 Å². The van der Waals surface area contributed by atoms with Gasteiger partial charge in [-0.2, -0.15) is 0 Å². The largest absolute Gasteiger partial charge is 0.491 e. The number of amides is 1. The molecule has 0 radical (unpaired) electrons. The molecule has 5 rings (SSSR count). The molecule has 150 valence electrons. The van der Waals surface area contributed by atoms with Gasteiger partial charge in [0.2, 0.25) is 0 Å². The van der Waals surface area contributed by atoms with Crippen molar-refractivity contribution in [2.24, 2.45) is 0 Å². The molecule has 4 aromatic rings. The third-order valence-corrected chi connectivity index (χ3v) is 5.50. The fourth-order valence-corrected chi connectivity index (χ4v) is 3.82. The molecule has 0 aliphatic carbocycles. The summed E-state index contributed by atoms with van der Waals surface area (Å²) in [5.74, 6) is 0.848. The van der Waals surface area contributed by atoms with Crippen LogP contribution < -0.4 is 10.1 Å². The average Bonchev–Trinajstić information content (AvgIpc) is 3.16. The Kier molecular flexibility index (Phi) is 4.59. The molecule has 2 heterocycles. The molecule has 0 unspecified atom stereocenters. The van der Waals surface area contributed by atoms with E-state index in [0.29, 0.717) is 25.3 Å². The first-order valence-corrected chi connectivity index (χ1v) is 9.97. The van der Waals surface area contributed by atoms with Crippen molar-refractivity contribution in [3.63, 3.8) is 0 Å². The highest BCUT2D eigenvalue weighted by Gasteiger charge is 2.21. The van der Waals surface area contributed by atoms with Gasteiger partial charge < -0.3 is 19.9 Å². The number of fused-ring (bicyclic) bond motifs is 2. The lowest BCUT2D eigenvalue weighted by atomic mass is 10.0. The van der Waals surface area contributed by atoms with Crippen molar-refractivity contribution in [3.8, 4) is 16.9 Å². The molecule has 1 aliphatic rings. The smallest absolute Gasteiger partial charge is 0.254 e. The summed E-state index contributed by atoms with van der Waals surface area (Å²) in [6.45, 7) is 1.55. The number of rotatable bonds is 3. The summed E-state index contributed by atoms with van der Waals surface area (Å²) in [4.78, 5) is 22.4. The first-order valence-electron chi connectivity index (χ1n) is 9.97. The second kappa shape index (κ2) is 7.55. The fraction of sp³-hybridized carbons (Fsp3) is 0.167. The summed E-state index contributed by atoms with van der Waals surface area (Å²) in [5, 5.41) is 3.08. The Labute approximate surface area is 174 Å². The van der Waals surface area contributed by atoms with Crippen LogP contribution in [-0.4, -0.2) is 41.0 Å². The third-order valence-electron chi connectivity index (χ3n) is 5.50. The monoisotopic (exact) mass is 398 g/mol. The number of anilines is 1. The minimum Gasteiger partial charge on any atom is -0.491 e. The molecule has 1 aromatic heterocycles. The zero-order valence-electron chi connectivity index (χ0n) is 16.7. The van der Waals surface area contributed by atoms with E-state index in [9.17, 15) is 4.79 Å². The summed E-state index contributed by atoms with van der Waals surface area (Å²) in [6, 6.07) is 19.9. The van der Waals surface area contributed by atoms with Crippen LogP contribution in [-0.2, 0) is 6.54 Å². The van der Waals surface area contributed by atoms with Crippen molar-refractivity contribution >= 4 is 22.6 Å². The van der Waals surface area contributed by atoms with Gasteiger partial charge >= 0.3 is 0 Å². The number of carbonyl (C=O) groups is 1. The van der Waals surface area contributed by atoms with Gasteiger partial charge in [0.1, 0.15) is 12.4 Å². The Morgan fingerprint density at radius 2 is 1.87 bits per heavy atom. The Morgan fingerprint density at radius 3 is 2.70 bits per heavy atom. The van der Waals surface area contributed by atoms with E-state index < -0.39 is 0 Å². The molecule has 1 aliphatic heterocycles. The zero-order valence-corrected chi connectivity index (χ0v) is 16.7. The Morgan fingerprint density at radius 1 is 1.07 bits per heavy atom. The number of hydrogen-bond donors (Lipinski definition) is 2. The minimum absolute atomic E-state index is 0.0124. The lowest BCUT2D eigenvalue weighted by Crippen LogP contribution is -2.32. The molecule has 0 saturated carbocycles. The third kappa shape index (κ3) is 3.37. The number of carbonyl (C=O) groups excluding carboxylic acids is 1. The van der Waals surface area contributed by atoms with E-state index in [1.807, 2.05) is 48.3 Å². The molecule has 0 atom stereocenters. The molecule has 30 heavy (non-hydrogen) atoms. The highest BCUT2D eigenvalue weighted by atomic mass is 16.5. The van der Waals surface area contributed by atoms with Gasteiger partial charge in [0, 0.05) is 30.4 Å². The van der Waals surface area contributed by atoms with Crippen molar-refractivity contribution in [2.75, 3.05) is 25.5 Å². The predicted octanol–water partition coefficient (Wildman–Crippen LogP) is 4.31. The second-order valence-electron chi connectivity index (χ2n) is 7.36. The van der Waals surface area contributed by atoms with Crippen LogP contribution in [0.1, 0.15) is 15.9 Å². The summed E-state index contributed by atoms with van der Waals surface area (Å²) in [6.07, 6.45) is 1.70. The van der Waals surface area contributed by atoms with Gasteiger partial charge in [-0.3, -0.25) is 4.79 Å². The standard InChI is InChI=1S/C24H22N4O2/c1-25-20-6-2-16(3-7-20)24(29)28-10-11-30-23-9-5-17(12-19(23)14-28)18-4-8-21-22(13-18)27-15-26-21/h2-9,12-13,15,25H,10-11,14H2,1H3,(H,26,27). The molecule has 6 heteroatoms. The molecular weight excluding hydrogens is 376 g/mol. The van der Waals surface area contributed by atoms with Crippen molar-refractivity contribution in [3.05, 3.63) is 78.1 Å². The van der Waals surface area contributed by atoms with Gasteiger partial charge in [0.25, 0.3) is 5.91 Å². The van der Waals surface area contributed by atoms with E-state index in [0.717, 1.165) is 39.2 Å². The number of H-pyrrole nitrogens is 1. The van der Waals surface area contributed by atoms with E-state index in [1.165, 1.54) is 0 Å². The molecule has 0 saturated heterocycles. The van der Waals surface area contributed by atoms with Crippen LogP contribution in [0.15, 0.2) is 67.0 Å².